The van der Waals surface area contributed by atoms with Crippen LogP contribution >= 0.6 is 0 Å². The van der Waals surface area contributed by atoms with Crippen molar-refractivity contribution in [2.45, 2.75) is 84.7 Å². The van der Waals surface area contributed by atoms with Crippen LogP contribution in [0.15, 0.2) is 96.7 Å². The summed E-state index contributed by atoms with van der Waals surface area (Å²) < 4.78 is 9.17. The zero-order valence-electron chi connectivity index (χ0n) is 45.9. The van der Waals surface area contributed by atoms with Crippen LogP contribution in [0.4, 0.5) is 45.9 Å². The number of aryl methyl sites for hydroxylation is 1. The molecule has 0 bridgehead atoms. The van der Waals surface area contributed by atoms with Crippen LogP contribution in [0.2, 0.25) is 0 Å². The Bertz CT molecular complexity index is 3560. The first-order chi connectivity index (χ1) is 38.6. The van der Waals surface area contributed by atoms with E-state index < -0.39 is 12.2 Å². The Morgan fingerprint density at radius 1 is 0.825 bits per heavy atom. The Kier molecular flexibility index (Phi) is 13.6. The first-order valence-electron chi connectivity index (χ1n) is 27.7. The SMILES string of the molecule is C=CC(=O)Nc1cc(Nc2nc(-c3ccnc(N4CCn5c(cc6c5CC(C)(C)C6)C4=O)c3CO)cn(C)c2=O)ccc1N1CCN(C2CCN(c3ccc4c(c3)C(=O)N(c3ccnc(N5CCOC[C@H]5C)c3)C4=O)CC2)C[C@@H]1C. The van der Waals surface area contributed by atoms with Gasteiger partial charge < -0.3 is 44.3 Å². The second-order valence-electron chi connectivity index (χ2n) is 22.8. The lowest BCUT2D eigenvalue weighted by Crippen LogP contribution is -2.57. The summed E-state index contributed by atoms with van der Waals surface area (Å²) in [5.41, 5.74) is 8.26. The van der Waals surface area contributed by atoms with E-state index in [-0.39, 0.29) is 46.9 Å². The van der Waals surface area contributed by atoms with Crippen molar-refractivity contribution < 1.29 is 29.0 Å². The smallest absolute Gasteiger partial charge is 0.293 e. The molecule has 9 heterocycles. The van der Waals surface area contributed by atoms with Crippen molar-refractivity contribution in [3.63, 3.8) is 0 Å². The number of fused-ring (bicyclic) bond motifs is 4. The summed E-state index contributed by atoms with van der Waals surface area (Å²) >= 11 is 0. The Morgan fingerprint density at radius 3 is 2.40 bits per heavy atom. The third kappa shape index (κ3) is 9.47. The first kappa shape index (κ1) is 52.5. The average molecular weight is 1080 g/mol. The van der Waals surface area contributed by atoms with Crippen molar-refractivity contribution in [2.75, 3.05) is 94.2 Å². The molecule has 0 saturated carbocycles. The standard InChI is InChI=1S/C60H67N13O7/c1-7-53(75)64-47-27-39(63-54-59(79)66(6)33-48(65-54)43-13-17-62-55(46(43)34-74)72-23-22-71-50(58(72)78)26-38-30-60(4,5)31-51(38)71)8-11-49(47)69-21-20-68(32-36(69)2)40-14-18-67(19-15-40)41-9-10-44-45(28-41)57(77)73(56(44)76)42-12-16-61-52(29-42)70-24-25-80-35-37(70)3/h7-13,16-17,26-29,33,36-37,40,74H,1,14-15,18-25,30-32,34-35H2,2-6H3,(H,63,65)(H,64,75)/t36-,37+/m0/s1. The number of amides is 4. The number of hydrogen-bond acceptors (Lipinski definition) is 15. The van der Waals surface area contributed by atoms with Gasteiger partial charge in [0.15, 0.2) is 5.82 Å². The number of aliphatic hydroxyl groups excluding tert-OH is 1. The van der Waals surface area contributed by atoms with Crippen LogP contribution in [0.3, 0.4) is 0 Å². The van der Waals surface area contributed by atoms with E-state index in [1.807, 2.05) is 36.4 Å². The molecule has 4 amide bonds. The number of piperazine rings is 1. The van der Waals surface area contributed by atoms with Gasteiger partial charge in [-0.2, -0.15) is 0 Å². The Morgan fingerprint density at radius 2 is 1.62 bits per heavy atom. The van der Waals surface area contributed by atoms with Gasteiger partial charge in [-0.25, -0.2) is 19.9 Å². The minimum Gasteiger partial charge on any atom is -0.392 e. The minimum atomic E-state index is -0.420. The normalized spacial score (nSPS) is 20.3. The molecule has 5 aliphatic heterocycles. The molecular weight excluding hydrogens is 1010 g/mol. The first-order valence-corrected chi connectivity index (χ1v) is 27.7. The van der Waals surface area contributed by atoms with E-state index in [4.69, 9.17) is 9.72 Å². The highest BCUT2D eigenvalue weighted by molar-refractivity contribution is 6.34. The van der Waals surface area contributed by atoms with E-state index in [1.165, 1.54) is 26.8 Å². The van der Waals surface area contributed by atoms with Gasteiger partial charge in [-0.05, 0) is 111 Å². The number of imide groups is 1. The number of anilines is 8. The summed E-state index contributed by atoms with van der Waals surface area (Å²) in [6.07, 6.45) is 9.75. The molecule has 20 nitrogen and oxygen atoms in total. The van der Waals surface area contributed by atoms with E-state index in [0.29, 0.717) is 108 Å². The Labute approximate surface area is 464 Å². The Hall–Kier alpha value is -8.20. The van der Waals surface area contributed by atoms with Crippen molar-refractivity contribution in [1.82, 2.24) is 29.0 Å². The number of nitrogens with one attached hydrogen (secondary N) is 2. The lowest BCUT2D eigenvalue weighted by atomic mass is 9.90. The summed E-state index contributed by atoms with van der Waals surface area (Å²) in [6, 6.07) is 19.0. The summed E-state index contributed by atoms with van der Waals surface area (Å²) in [7, 11) is 1.63. The van der Waals surface area contributed by atoms with Crippen molar-refractivity contribution >= 4 is 69.5 Å². The molecule has 2 aromatic carbocycles. The largest absolute Gasteiger partial charge is 0.392 e. The van der Waals surface area contributed by atoms with Gasteiger partial charge in [-0.15, -0.1) is 0 Å². The number of rotatable bonds is 12. The van der Waals surface area contributed by atoms with E-state index in [9.17, 15) is 29.1 Å². The fourth-order valence-electron chi connectivity index (χ4n) is 12.9. The van der Waals surface area contributed by atoms with Crippen LogP contribution in [0, 0.1) is 5.41 Å². The monoisotopic (exact) mass is 1080 g/mol. The van der Waals surface area contributed by atoms with Gasteiger partial charge in [0.25, 0.3) is 23.3 Å². The number of benzene rings is 2. The maximum atomic E-state index is 14.1. The fraction of sp³-hybridized carbons (Fsp3) is 0.400. The van der Waals surface area contributed by atoms with Gasteiger partial charge in [-0.3, -0.25) is 33.8 Å². The summed E-state index contributed by atoms with van der Waals surface area (Å²) in [5.74, 6) is -0.144. The van der Waals surface area contributed by atoms with Crippen molar-refractivity contribution in [2.24, 2.45) is 12.5 Å². The topological polar surface area (TPSA) is 207 Å². The zero-order valence-corrected chi connectivity index (χ0v) is 45.9. The number of ether oxygens (including phenoxy) is 1. The van der Waals surface area contributed by atoms with Gasteiger partial charge in [0.2, 0.25) is 5.91 Å². The van der Waals surface area contributed by atoms with Crippen LogP contribution in [0.5, 0.6) is 0 Å². The molecule has 0 unspecified atom stereocenters. The summed E-state index contributed by atoms with van der Waals surface area (Å²) in [4.78, 5) is 94.7. The average Bonchev–Trinajstić information content (AvgIpc) is 4.05. The van der Waals surface area contributed by atoms with E-state index >= 15 is 0 Å². The van der Waals surface area contributed by atoms with Gasteiger partial charge in [0.1, 0.15) is 17.3 Å². The molecule has 12 rings (SSSR count). The zero-order chi connectivity index (χ0) is 55.7. The predicted octanol–water partition coefficient (Wildman–Crippen LogP) is 6.39. The van der Waals surface area contributed by atoms with Crippen LogP contribution in [0.1, 0.15) is 88.6 Å². The number of aliphatic hydroxyl groups is 1. The molecule has 3 fully saturated rings. The van der Waals surface area contributed by atoms with Gasteiger partial charge in [0.05, 0.1) is 59.7 Å². The van der Waals surface area contributed by atoms with E-state index in [0.717, 1.165) is 63.2 Å². The van der Waals surface area contributed by atoms with Crippen LogP contribution in [0.25, 0.3) is 11.3 Å². The highest BCUT2D eigenvalue weighted by Crippen LogP contribution is 2.41. The number of pyridine rings is 2. The number of carbonyl (C=O) groups is 4. The molecule has 3 N–H and O–H groups in total. The molecule has 3 saturated heterocycles. The van der Waals surface area contributed by atoms with Gasteiger partial charge >= 0.3 is 0 Å². The highest BCUT2D eigenvalue weighted by atomic mass is 16.5. The van der Waals surface area contributed by atoms with E-state index in [2.05, 4.69) is 79.0 Å². The molecule has 6 aromatic rings. The highest BCUT2D eigenvalue weighted by Gasteiger charge is 2.40. The number of carbonyl (C=O) groups excluding carboxylic acids is 4. The third-order valence-electron chi connectivity index (χ3n) is 17.0. The summed E-state index contributed by atoms with van der Waals surface area (Å²) in [5, 5.41) is 17.1. The summed E-state index contributed by atoms with van der Waals surface area (Å²) in [6.45, 7) is 18.8. The molecular formula is C60H67N13O7. The van der Waals surface area contributed by atoms with Crippen LogP contribution < -0.4 is 40.7 Å². The van der Waals surface area contributed by atoms with Crippen LogP contribution in [-0.4, -0.2) is 135 Å². The Balaban J connectivity index is 0.711. The number of morpholine rings is 1. The second-order valence-corrected chi connectivity index (χ2v) is 22.8. The predicted molar refractivity (Wildman–Crippen MR) is 308 cm³/mol. The van der Waals surface area contributed by atoms with Gasteiger partial charge in [-0.1, -0.05) is 20.4 Å². The van der Waals surface area contributed by atoms with Gasteiger partial charge in [0, 0.05) is 124 Å². The number of aromatic nitrogens is 5. The fourth-order valence-corrected chi connectivity index (χ4v) is 12.9. The van der Waals surface area contributed by atoms with Crippen LogP contribution in [-0.2, 0) is 42.6 Å². The number of hydrogen-bond donors (Lipinski definition) is 3. The minimum absolute atomic E-state index is 0.0267. The second kappa shape index (κ2) is 20.8. The van der Waals surface area contributed by atoms with Crippen molar-refractivity contribution in [1.29, 1.82) is 0 Å². The number of nitrogens with zero attached hydrogens (tertiary/aromatic N) is 11. The quantitative estimate of drug-likeness (QED) is 0.0897. The molecule has 1 aliphatic carbocycles. The molecule has 4 aromatic heterocycles. The lowest BCUT2D eigenvalue weighted by molar-refractivity contribution is -0.111. The maximum absolute atomic E-state index is 14.1. The molecule has 6 aliphatic rings. The molecule has 80 heavy (non-hydrogen) atoms. The molecule has 0 radical (unpaired) electrons. The van der Waals surface area contributed by atoms with E-state index in [1.54, 1.807) is 54.8 Å². The lowest BCUT2D eigenvalue weighted by Gasteiger charge is -2.47. The molecule has 2 atom stereocenters. The molecule has 414 valence electrons. The number of piperidine rings is 1. The van der Waals surface area contributed by atoms with Crippen molar-refractivity contribution in [3.05, 3.63) is 136 Å². The third-order valence-corrected chi connectivity index (χ3v) is 17.0. The maximum Gasteiger partial charge on any atom is 0.293 e. The molecule has 20 heteroatoms. The molecule has 0 spiro atoms. The van der Waals surface area contributed by atoms with Crippen molar-refractivity contribution in [3.8, 4) is 11.3 Å².